The molecule has 2 rings (SSSR count). The maximum absolute atomic E-state index is 11.0. The Morgan fingerprint density at radius 3 is 3.00 bits per heavy atom. The topological polar surface area (TPSA) is 55.1 Å². The van der Waals surface area contributed by atoms with E-state index < -0.39 is 0 Å². The first-order chi connectivity index (χ1) is 6.66. The normalized spacial score (nSPS) is 20.2. The van der Waals surface area contributed by atoms with E-state index in [9.17, 15) is 4.79 Å². The van der Waals surface area contributed by atoms with E-state index in [0.717, 1.165) is 5.56 Å². The number of fused-ring (bicyclic) bond motifs is 1. The lowest BCUT2D eigenvalue weighted by atomic mass is 9.96. The van der Waals surface area contributed by atoms with Crippen molar-refractivity contribution >= 4 is 17.5 Å². The van der Waals surface area contributed by atoms with Crippen LogP contribution in [0.15, 0.2) is 18.2 Å². The second-order valence-electron chi connectivity index (χ2n) is 3.45. The van der Waals surface area contributed by atoms with Crippen LogP contribution in [0.1, 0.15) is 11.1 Å². The minimum absolute atomic E-state index is 0.263. The molecule has 0 radical (unpaired) electrons. The molecule has 0 unspecified atom stereocenters. The average Bonchev–Trinajstić information content (AvgIpc) is 2.16. The molecule has 14 heavy (non-hydrogen) atoms. The van der Waals surface area contributed by atoms with Gasteiger partial charge in [-0.05, 0) is 29.7 Å². The minimum atomic E-state index is -0.310. The van der Waals surface area contributed by atoms with Crippen LogP contribution in [0.3, 0.4) is 0 Å². The summed E-state index contributed by atoms with van der Waals surface area (Å²) < 4.78 is 0. The van der Waals surface area contributed by atoms with Gasteiger partial charge >= 0.3 is 0 Å². The molecule has 0 saturated heterocycles. The first kappa shape index (κ1) is 9.49. The van der Waals surface area contributed by atoms with E-state index in [1.807, 2.05) is 18.2 Å². The molecule has 1 aromatic carbocycles. The van der Waals surface area contributed by atoms with E-state index in [0.29, 0.717) is 18.0 Å². The Bertz CT molecular complexity index is 378. The highest BCUT2D eigenvalue weighted by Crippen LogP contribution is 2.20. The van der Waals surface area contributed by atoms with Crippen LogP contribution in [0.2, 0.25) is 5.02 Å². The van der Waals surface area contributed by atoms with Gasteiger partial charge in [-0.15, -0.1) is 0 Å². The predicted molar refractivity (Wildman–Crippen MR) is 55.0 cm³/mol. The number of primary amides is 1. The summed E-state index contributed by atoms with van der Waals surface area (Å²) in [6.07, 6.45) is 0.630. The molecule has 0 fully saturated rings. The molecule has 0 aliphatic carbocycles. The number of carbonyl (C=O) groups is 1. The van der Waals surface area contributed by atoms with E-state index in [4.69, 9.17) is 17.3 Å². The van der Waals surface area contributed by atoms with E-state index in [2.05, 4.69) is 5.32 Å². The standard InChI is InChI=1S/C10H11ClN2O/c11-8-2-1-6-5-13-9(10(12)14)4-7(6)3-8/h1-3,9,13H,4-5H2,(H2,12,14)/t9-/m0/s1. The zero-order chi connectivity index (χ0) is 10.1. The van der Waals surface area contributed by atoms with Gasteiger partial charge in [0.15, 0.2) is 0 Å². The van der Waals surface area contributed by atoms with Crippen LogP contribution in [0.25, 0.3) is 0 Å². The Morgan fingerprint density at radius 1 is 1.50 bits per heavy atom. The molecule has 4 heteroatoms. The summed E-state index contributed by atoms with van der Waals surface area (Å²) in [5, 5.41) is 3.78. The molecule has 1 aliphatic heterocycles. The van der Waals surface area contributed by atoms with Crippen molar-refractivity contribution in [2.45, 2.75) is 19.0 Å². The Morgan fingerprint density at radius 2 is 2.29 bits per heavy atom. The Labute approximate surface area is 87.2 Å². The third-order valence-electron chi connectivity index (χ3n) is 2.47. The molecular weight excluding hydrogens is 200 g/mol. The maximum Gasteiger partial charge on any atom is 0.234 e. The summed E-state index contributed by atoms with van der Waals surface area (Å²) in [7, 11) is 0. The van der Waals surface area contributed by atoms with Gasteiger partial charge in [0.1, 0.15) is 0 Å². The Kier molecular flexibility index (Phi) is 2.44. The van der Waals surface area contributed by atoms with Gasteiger partial charge in [-0.2, -0.15) is 0 Å². The van der Waals surface area contributed by atoms with Crippen molar-refractivity contribution in [3.05, 3.63) is 34.3 Å². The number of amides is 1. The van der Waals surface area contributed by atoms with Crippen LogP contribution in [0, 0.1) is 0 Å². The van der Waals surface area contributed by atoms with Crippen LogP contribution in [0.5, 0.6) is 0 Å². The molecule has 3 nitrogen and oxygen atoms in total. The van der Waals surface area contributed by atoms with Crippen LogP contribution in [-0.4, -0.2) is 11.9 Å². The van der Waals surface area contributed by atoms with E-state index in [-0.39, 0.29) is 11.9 Å². The first-order valence-electron chi connectivity index (χ1n) is 4.47. The second-order valence-corrected chi connectivity index (χ2v) is 3.89. The lowest BCUT2D eigenvalue weighted by Gasteiger charge is -2.23. The summed E-state index contributed by atoms with van der Waals surface area (Å²) in [6, 6.07) is 5.46. The van der Waals surface area contributed by atoms with Gasteiger partial charge < -0.3 is 11.1 Å². The molecular formula is C10H11ClN2O. The van der Waals surface area contributed by atoms with Crippen molar-refractivity contribution in [1.29, 1.82) is 0 Å². The number of rotatable bonds is 1. The third kappa shape index (κ3) is 1.74. The number of nitrogens with two attached hydrogens (primary N) is 1. The number of carbonyl (C=O) groups excluding carboxylic acids is 1. The average molecular weight is 211 g/mol. The van der Waals surface area contributed by atoms with Gasteiger partial charge in [-0.3, -0.25) is 4.79 Å². The minimum Gasteiger partial charge on any atom is -0.368 e. The van der Waals surface area contributed by atoms with Gasteiger partial charge in [-0.25, -0.2) is 0 Å². The van der Waals surface area contributed by atoms with Crippen molar-refractivity contribution in [2.24, 2.45) is 5.73 Å². The van der Waals surface area contributed by atoms with Crippen molar-refractivity contribution < 1.29 is 4.79 Å². The van der Waals surface area contributed by atoms with Crippen molar-refractivity contribution in [1.82, 2.24) is 5.32 Å². The molecule has 1 amide bonds. The van der Waals surface area contributed by atoms with Crippen LogP contribution < -0.4 is 11.1 Å². The summed E-state index contributed by atoms with van der Waals surface area (Å²) >= 11 is 5.87. The fourth-order valence-electron chi connectivity index (χ4n) is 1.68. The van der Waals surface area contributed by atoms with Gasteiger partial charge in [0.05, 0.1) is 6.04 Å². The van der Waals surface area contributed by atoms with E-state index >= 15 is 0 Å². The maximum atomic E-state index is 11.0. The largest absolute Gasteiger partial charge is 0.368 e. The summed E-state index contributed by atoms with van der Waals surface area (Å²) in [4.78, 5) is 11.0. The molecule has 1 heterocycles. The van der Waals surface area contributed by atoms with Gasteiger partial charge in [0, 0.05) is 11.6 Å². The number of hydrogen-bond donors (Lipinski definition) is 2. The number of halogens is 1. The molecule has 3 N–H and O–H groups in total. The van der Waals surface area contributed by atoms with Crippen molar-refractivity contribution in [3.8, 4) is 0 Å². The Hall–Kier alpha value is -1.06. The predicted octanol–water partition coefficient (Wildman–Crippen LogP) is 0.840. The van der Waals surface area contributed by atoms with Crippen LogP contribution >= 0.6 is 11.6 Å². The molecule has 1 aliphatic rings. The summed E-state index contributed by atoms with van der Waals surface area (Å²) in [5.41, 5.74) is 7.53. The fraction of sp³-hybridized carbons (Fsp3) is 0.300. The first-order valence-corrected chi connectivity index (χ1v) is 4.84. The third-order valence-corrected chi connectivity index (χ3v) is 2.71. The molecule has 0 bridgehead atoms. The molecule has 0 spiro atoms. The summed E-state index contributed by atoms with van der Waals surface area (Å²) in [6.45, 7) is 0.681. The zero-order valence-electron chi connectivity index (χ0n) is 7.59. The van der Waals surface area contributed by atoms with Crippen molar-refractivity contribution in [3.63, 3.8) is 0 Å². The molecule has 0 aromatic heterocycles. The monoisotopic (exact) mass is 210 g/mol. The zero-order valence-corrected chi connectivity index (χ0v) is 8.34. The van der Waals surface area contributed by atoms with Crippen molar-refractivity contribution in [2.75, 3.05) is 0 Å². The molecule has 74 valence electrons. The van der Waals surface area contributed by atoms with Crippen LogP contribution in [0.4, 0.5) is 0 Å². The lowest BCUT2D eigenvalue weighted by Crippen LogP contribution is -2.45. The second kappa shape index (κ2) is 3.59. The number of hydrogen-bond acceptors (Lipinski definition) is 2. The highest BCUT2D eigenvalue weighted by molar-refractivity contribution is 6.30. The smallest absolute Gasteiger partial charge is 0.234 e. The molecule has 1 aromatic rings. The number of nitrogens with one attached hydrogen (secondary N) is 1. The van der Waals surface area contributed by atoms with Gasteiger partial charge in [0.2, 0.25) is 5.91 Å². The molecule has 1 atom stereocenters. The van der Waals surface area contributed by atoms with E-state index in [1.165, 1.54) is 5.56 Å². The lowest BCUT2D eigenvalue weighted by molar-refractivity contribution is -0.120. The fourth-order valence-corrected chi connectivity index (χ4v) is 1.88. The summed E-state index contributed by atoms with van der Waals surface area (Å²) in [5.74, 6) is -0.310. The highest BCUT2D eigenvalue weighted by Gasteiger charge is 2.21. The van der Waals surface area contributed by atoms with E-state index in [1.54, 1.807) is 0 Å². The quantitative estimate of drug-likeness (QED) is 0.722. The van der Waals surface area contributed by atoms with Crippen LogP contribution in [-0.2, 0) is 17.8 Å². The molecule has 0 saturated carbocycles. The highest BCUT2D eigenvalue weighted by atomic mass is 35.5. The number of benzene rings is 1. The Balaban J connectivity index is 2.29. The van der Waals surface area contributed by atoms with Gasteiger partial charge in [-0.1, -0.05) is 17.7 Å². The van der Waals surface area contributed by atoms with Gasteiger partial charge in [0.25, 0.3) is 0 Å². The SMILES string of the molecule is NC(=O)[C@@H]1Cc2cc(Cl)ccc2CN1.